The molecule has 0 amide bonds. The number of ketones is 1. The van der Waals surface area contributed by atoms with E-state index in [1.165, 1.54) is 0 Å². The number of alkyl halides is 1. The lowest BCUT2D eigenvalue weighted by atomic mass is 10.1. The summed E-state index contributed by atoms with van der Waals surface area (Å²) in [6.07, 6.45) is 2.30. The molecule has 0 heterocycles. The molecule has 0 atom stereocenters. The van der Waals surface area contributed by atoms with Gasteiger partial charge >= 0.3 is 0 Å². The Hall–Kier alpha value is -1.08. The number of Topliss-reactive ketones (excluding diaryl/α,β-unsaturated/α-hetero) is 1. The van der Waals surface area contributed by atoms with Gasteiger partial charge in [-0.3, -0.25) is 4.79 Å². The molecule has 0 radical (unpaired) electrons. The van der Waals surface area contributed by atoms with Gasteiger partial charge in [-0.15, -0.1) is 11.6 Å². The van der Waals surface area contributed by atoms with E-state index in [-0.39, 0.29) is 5.78 Å². The second-order valence-corrected chi connectivity index (χ2v) is 3.48. The lowest BCUT2D eigenvalue weighted by molar-refractivity contribution is -0.115. The number of rotatable bonds is 4. The van der Waals surface area contributed by atoms with Crippen LogP contribution < -0.4 is 0 Å². The van der Waals surface area contributed by atoms with Crippen molar-refractivity contribution < 1.29 is 4.79 Å². The van der Waals surface area contributed by atoms with Crippen molar-refractivity contribution in [2.45, 2.75) is 13.3 Å². The largest absolute Gasteiger partial charge is 0.295 e. The summed E-state index contributed by atoms with van der Waals surface area (Å²) in [5, 5.41) is 0. The standard InChI is InChI=1S/C12H13ClO/c1-10(12(14)7-8-13)9-11-5-3-2-4-6-11/h2-6,9H,7-8H2,1H3/b10-9+. The van der Waals surface area contributed by atoms with Crippen LogP contribution in [-0.4, -0.2) is 11.7 Å². The normalized spacial score (nSPS) is 11.4. The van der Waals surface area contributed by atoms with E-state index in [9.17, 15) is 4.79 Å². The zero-order valence-corrected chi connectivity index (χ0v) is 8.92. The number of hydrogen-bond donors (Lipinski definition) is 0. The first-order valence-corrected chi connectivity index (χ1v) is 5.10. The molecule has 1 nitrogen and oxygen atoms in total. The fraction of sp³-hybridized carbons (Fsp3) is 0.250. The van der Waals surface area contributed by atoms with E-state index in [4.69, 9.17) is 11.6 Å². The van der Waals surface area contributed by atoms with Crippen molar-refractivity contribution in [1.29, 1.82) is 0 Å². The highest BCUT2D eigenvalue weighted by Gasteiger charge is 2.02. The van der Waals surface area contributed by atoms with Gasteiger partial charge in [0.05, 0.1) is 0 Å². The Labute approximate surface area is 89.4 Å². The molecular formula is C12H13ClO. The molecule has 2 heteroatoms. The molecule has 1 aromatic carbocycles. The molecule has 0 N–H and O–H groups in total. The summed E-state index contributed by atoms with van der Waals surface area (Å²) in [7, 11) is 0. The van der Waals surface area contributed by atoms with Crippen molar-refractivity contribution in [3.05, 3.63) is 41.5 Å². The van der Waals surface area contributed by atoms with Crippen molar-refractivity contribution in [2.24, 2.45) is 0 Å². The average molecular weight is 209 g/mol. The highest BCUT2D eigenvalue weighted by atomic mass is 35.5. The van der Waals surface area contributed by atoms with Crippen LogP contribution in [-0.2, 0) is 4.79 Å². The number of carbonyl (C=O) groups is 1. The predicted octanol–water partition coefficient (Wildman–Crippen LogP) is 3.29. The van der Waals surface area contributed by atoms with Crippen LogP contribution in [0.2, 0.25) is 0 Å². The summed E-state index contributed by atoms with van der Waals surface area (Å²) in [4.78, 5) is 11.4. The summed E-state index contributed by atoms with van der Waals surface area (Å²) in [5.41, 5.74) is 1.81. The summed E-state index contributed by atoms with van der Waals surface area (Å²) in [5.74, 6) is 0.502. The van der Waals surface area contributed by atoms with Crippen molar-refractivity contribution in [2.75, 3.05) is 5.88 Å². The number of halogens is 1. The topological polar surface area (TPSA) is 17.1 Å². The van der Waals surface area contributed by atoms with Crippen molar-refractivity contribution in [3.8, 4) is 0 Å². The maximum absolute atomic E-state index is 11.4. The Bertz CT molecular complexity index is 327. The van der Waals surface area contributed by atoms with E-state index in [1.807, 2.05) is 43.3 Å². The minimum Gasteiger partial charge on any atom is -0.295 e. The van der Waals surface area contributed by atoms with E-state index < -0.39 is 0 Å². The quantitative estimate of drug-likeness (QED) is 0.548. The molecule has 0 fully saturated rings. The Morgan fingerprint density at radius 3 is 2.57 bits per heavy atom. The van der Waals surface area contributed by atoms with Crippen LogP contribution in [0.4, 0.5) is 0 Å². The number of benzene rings is 1. The molecule has 0 saturated heterocycles. The molecular weight excluding hydrogens is 196 g/mol. The fourth-order valence-electron chi connectivity index (χ4n) is 1.16. The summed E-state index contributed by atoms with van der Waals surface area (Å²) in [6.45, 7) is 1.82. The van der Waals surface area contributed by atoms with Gasteiger partial charge in [0, 0.05) is 12.3 Å². The Morgan fingerprint density at radius 2 is 2.00 bits per heavy atom. The van der Waals surface area contributed by atoms with E-state index in [2.05, 4.69) is 0 Å². The van der Waals surface area contributed by atoms with Crippen LogP contribution in [0.15, 0.2) is 35.9 Å². The lowest BCUT2D eigenvalue weighted by Gasteiger charge is -1.98. The van der Waals surface area contributed by atoms with Gasteiger partial charge in [0.2, 0.25) is 0 Å². The van der Waals surface area contributed by atoms with Crippen LogP contribution >= 0.6 is 11.6 Å². The highest BCUT2D eigenvalue weighted by Crippen LogP contribution is 2.08. The number of hydrogen-bond acceptors (Lipinski definition) is 1. The second kappa shape index (κ2) is 5.61. The van der Waals surface area contributed by atoms with E-state index >= 15 is 0 Å². The van der Waals surface area contributed by atoms with E-state index in [1.54, 1.807) is 0 Å². The monoisotopic (exact) mass is 208 g/mol. The minimum atomic E-state index is 0.115. The summed E-state index contributed by atoms with van der Waals surface area (Å²) in [6, 6.07) is 9.79. The molecule has 1 rings (SSSR count). The molecule has 0 unspecified atom stereocenters. The zero-order valence-electron chi connectivity index (χ0n) is 8.16. The molecule has 0 aliphatic rings. The Kier molecular flexibility index (Phi) is 4.41. The first-order valence-electron chi connectivity index (χ1n) is 4.56. The molecule has 0 bridgehead atoms. The minimum absolute atomic E-state index is 0.115. The molecule has 0 spiro atoms. The first kappa shape index (κ1) is 11.0. The molecule has 0 aliphatic carbocycles. The zero-order chi connectivity index (χ0) is 10.4. The van der Waals surface area contributed by atoms with Crippen LogP contribution in [0, 0.1) is 0 Å². The maximum atomic E-state index is 11.4. The van der Waals surface area contributed by atoms with Gasteiger partial charge in [-0.05, 0) is 24.1 Å². The van der Waals surface area contributed by atoms with Crippen molar-refractivity contribution in [1.82, 2.24) is 0 Å². The molecule has 0 aromatic heterocycles. The molecule has 1 aromatic rings. The molecule has 0 saturated carbocycles. The third-order valence-corrected chi connectivity index (χ3v) is 2.13. The number of allylic oxidation sites excluding steroid dienone is 1. The second-order valence-electron chi connectivity index (χ2n) is 3.10. The van der Waals surface area contributed by atoms with E-state index in [0.717, 1.165) is 11.1 Å². The van der Waals surface area contributed by atoms with Crippen LogP contribution in [0.3, 0.4) is 0 Å². The molecule has 0 aliphatic heterocycles. The van der Waals surface area contributed by atoms with Crippen LogP contribution in [0.5, 0.6) is 0 Å². The van der Waals surface area contributed by atoms with Crippen molar-refractivity contribution >= 4 is 23.5 Å². The van der Waals surface area contributed by atoms with Crippen LogP contribution in [0.1, 0.15) is 18.9 Å². The summed E-state index contributed by atoms with van der Waals surface area (Å²) >= 11 is 5.50. The van der Waals surface area contributed by atoms with Gasteiger partial charge in [-0.25, -0.2) is 0 Å². The third kappa shape index (κ3) is 3.35. The van der Waals surface area contributed by atoms with Crippen LogP contribution in [0.25, 0.3) is 6.08 Å². The van der Waals surface area contributed by atoms with Gasteiger partial charge in [0.15, 0.2) is 5.78 Å². The van der Waals surface area contributed by atoms with Gasteiger partial charge in [-0.1, -0.05) is 30.3 Å². The Balaban J connectivity index is 2.74. The third-order valence-electron chi connectivity index (χ3n) is 1.94. The smallest absolute Gasteiger partial charge is 0.159 e. The fourth-order valence-corrected chi connectivity index (χ4v) is 1.33. The molecule has 74 valence electrons. The van der Waals surface area contributed by atoms with E-state index in [0.29, 0.717) is 12.3 Å². The highest BCUT2D eigenvalue weighted by molar-refractivity contribution is 6.19. The lowest BCUT2D eigenvalue weighted by Crippen LogP contribution is -1.99. The summed E-state index contributed by atoms with van der Waals surface area (Å²) < 4.78 is 0. The van der Waals surface area contributed by atoms with Gasteiger partial charge in [0.25, 0.3) is 0 Å². The Morgan fingerprint density at radius 1 is 1.36 bits per heavy atom. The maximum Gasteiger partial charge on any atom is 0.159 e. The van der Waals surface area contributed by atoms with Crippen molar-refractivity contribution in [3.63, 3.8) is 0 Å². The van der Waals surface area contributed by atoms with Gasteiger partial charge in [-0.2, -0.15) is 0 Å². The predicted molar refractivity (Wildman–Crippen MR) is 60.4 cm³/mol. The SMILES string of the molecule is C/C(=C\c1ccccc1)C(=O)CCCl. The van der Waals surface area contributed by atoms with Gasteiger partial charge < -0.3 is 0 Å². The van der Waals surface area contributed by atoms with Gasteiger partial charge in [0.1, 0.15) is 0 Å². The average Bonchev–Trinajstić information content (AvgIpc) is 2.19. The first-order chi connectivity index (χ1) is 6.74. The number of carbonyl (C=O) groups excluding carboxylic acids is 1. The molecule has 14 heavy (non-hydrogen) atoms.